The Labute approximate surface area is 119 Å². The molecule has 0 radical (unpaired) electrons. The maximum Gasteiger partial charge on any atom is 0.328 e. The van der Waals surface area contributed by atoms with E-state index < -0.39 is 12.0 Å². The first-order valence-corrected chi connectivity index (χ1v) is 6.77. The van der Waals surface area contributed by atoms with Crippen LogP contribution in [0, 0.1) is 0 Å². The number of hydrogen-bond acceptors (Lipinski definition) is 4. The van der Waals surface area contributed by atoms with Gasteiger partial charge < -0.3 is 15.0 Å². The second-order valence-electron chi connectivity index (χ2n) is 4.44. The van der Waals surface area contributed by atoms with E-state index in [1.807, 2.05) is 12.1 Å². The Morgan fingerprint density at radius 2 is 1.75 bits per heavy atom. The molecule has 110 valence electrons. The van der Waals surface area contributed by atoms with Crippen molar-refractivity contribution in [2.75, 3.05) is 25.1 Å². The lowest BCUT2D eigenvalue weighted by Gasteiger charge is -2.21. The summed E-state index contributed by atoms with van der Waals surface area (Å²) in [5.74, 6) is -0.743. The van der Waals surface area contributed by atoms with Crippen molar-refractivity contribution in [3.63, 3.8) is 0 Å². The minimum atomic E-state index is -0.657. The lowest BCUT2D eigenvalue weighted by molar-refractivity contribution is -0.142. The van der Waals surface area contributed by atoms with Crippen molar-refractivity contribution in [3.8, 4) is 0 Å². The lowest BCUT2D eigenvalue weighted by atomic mass is 10.1. The summed E-state index contributed by atoms with van der Waals surface area (Å²) in [5, 5.41) is 2.60. The zero-order chi connectivity index (χ0) is 15.1. The van der Waals surface area contributed by atoms with Crippen LogP contribution in [0.25, 0.3) is 0 Å². The Hall–Kier alpha value is -2.04. The van der Waals surface area contributed by atoms with Crippen LogP contribution < -0.4 is 10.2 Å². The average molecular weight is 278 g/mol. The number of amides is 1. The topological polar surface area (TPSA) is 58.6 Å². The molecule has 0 spiro atoms. The number of nitrogens with one attached hydrogen (secondary N) is 1. The van der Waals surface area contributed by atoms with E-state index >= 15 is 0 Å². The van der Waals surface area contributed by atoms with E-state index in [1.165, 1.54) is 7.11 Å². The van der Waals surface area contributed by atoms with Gasteiger partial charge in [-0.15, -0.1) is 0 Å². The van der Waals surface area contributed by atoms with Gasteiger partial charge in [-0.2, -0.15) is 0 Å². The quantitative estimate of drug-likeness (QED) is 0.806. The van der Waals surface area contributed by atoms with Crippen LogP contribution in [0.3, 0.4) is 0 Å². The van der Waals surface area contributed by atoms with Gasteiger partial charge in [0.2, 0.25) is 0 Å². The summed E-state index contributed by atoms with van der Waals surface area (Å²) >= 11 is 0. The number of hydrogen-bond donors (Lipinski definition) is 1. The molecule has 0 bridgehead atoms. The van der Waals surface area contributed by atoms with Gasteiger partial charge in [0.25, 0.3) is 5.91 Å². The first kappa shape index (κ1) is 16.0. The largest absolute Gasteiger partial charge is 0.467 e. The van der Waals surface area contributed by atoms with Crippen molar-refractivity contribution >= 4 is 17.6 Å². The molecule has 0 fully saturated rings. The Morgan fingerprint density at radius 3 is 2.20 bits per heavy atom. The molecule has 1 atom stereocenters. The van der Waals surface area contributed by atoms with Gasteiger partial charge in [0.05, 0.1) is 7.11 Å². The van der Waals surface area contributed by atoms with Crippen molar-refractivity contribution in [3.05, 3.63) is 29.8 Å². The van der Waals surface area contributed by atoms with E-state index in [0.717, 1.165) is 18.8 Å². The summed E-state index contributed by atoms with van der Waals surface area (Å²) < 4.78 is 4.57. The summed E-state index contributed by atoms with van der Waals surface area (Å²) in [5.41, 5.74) is 1.60. The smallest absolute Gasteiger partial charge is 0.328 e. The fourth-order valence-corrected chi connectivity index (χ4v) is 1.93. The van der Waals surface area contributed by atoms with E-state index in [2.05, 4.69) is 28.8 Å². The van der Waals surface area contributed by atoms with Crippen LogP contribution in [0.1, 0.15) is 31.1 Å². The lowest BCUT2D eigenvalue weighted by Crippen LogP contribution is -2.39. The van der Waals surface area contributed by atoms with E-state index in [9.17, 15) is 9.59 Å². The van der Waals surface area contributed by atoms with Crippen molar-refractivity contribution in [1.82, 2.24) is 5.32 Å². The van der Waals surface area contributed by atoms with Crippen LogP contribution in [0.15, 0.2) is 24.3 Å². The van der Waals surface area contributed by atoms with Gasteiger partial charge in [-0.05, 0) is 45.0 Å². The Balaban J connectivity index is 2.73. The molecule has 1 unspecified atom stereocenters. The summed E-state index contributed by atoms with van der Waals surface area (Å²) in [6.07, 6.45) is 0. The molecule has 0 saturated carbocycles. The van der Waals surface area contributed by atoms with Crippen molar-refractivity contribution in [1.29, 1.82) is 0 Å². The highest BCUT2D eigenvalue weighted by Gasteiger charge is 2.16. The molecule has 1 amide bonds. The highest BCUT2D eigenvalue weighted by molar-refractivity contribution is 5.96. The molecule has 0 aliphatic rings. The molecule has 0 aromatic heterocycles. The van der Waals surface area contributed by atoms with Gasteiger partial charge in [-0.3, -0.25) is 4.79 Å². The number of carbonyl (C=O) groups is 2. The third-order valence-electron chi connectivity index (χ3n) is 3.16. The maximum atomic E-state index is 12.0. The molecule has 0 heterocycles. The molecule has 1 N–H and O–H groups in total. The van der Waals surface area contributed by atoms with E-state index in [1.54, 1.807) is 19.1 Å². The second kappa shape index (κ2) is 7.53. The third kappa shape index (κ3) is 3.98. The van der Waals surface area contributed by atoms with Crippen molar-refractivity contribution in [2.45, 2.75) is 26.8 Å². The van der Waals surface area contributed by atoms with Gasteiger partial charge in [-0.25, -0.2) is 4.79 Å². The van der Waals surface area contributed by atoms with Gasteiger partial charge in [0, 0.05) is 24.3 Å². The Morgan fingerprint density at radius 1 is 1.20 bits per heavy atom. The summed E-state index contributed by atoms with van der Waals surface area (Å²) in [7, 11) is 1.30. The number of benzene rings is 1. The molecule has 1 rings (SSSR count). The third-order valence-corrected chi connectivity index (χ3v) is 3.16. The van der Waals surface area contributed by atoms with Crippen LogP contribution in [0.5, 0.6) is 0 Å². The molecule has 0 saturated heterocycles. The highest BCUT2D eigenvalue weighted by atomic mass is 16.5. The SMILES string of the molecule is CCN(CC)c1ccc(C(=O)NC(C)C(=O)OC)cc1. The second-order valence-corrected chi connectivity index (χ2v) is 4.44. The van der Waals surface area contributed by atoms with E-state index in [0.29, 0.717) is 5.56 Å². The molecule has 1 aromatic rings. The molecule has 0 aliphatic carbocycles. The predicted molar refractivity (Wildman–Crippen MR) is 78.9 cm³/mol. The maximum absolute atomic E-state index is 12.0. The van der Waals surface area contributed by atoms with Crippen LogP contribution in [-0.2, 0) is 9.53 Å². The fraction of sp³-hybridized carbons (Fsp3) is 0.467. The fourth-order valence-electron chi connectivity index (χ4n) is 1.93. The number of nitrogens with zero attached hydrogens (tertiary/aromatic N) is 1. The van der Waals surface area contributed by atoms with Gasteiger partial charge in [0.15, 0.2) is 0 Å². The number of carbonyl (C=O) groups excluding carboxylic acids is 2. The minimum absolute atomic E-state index is 0.283. The van der Waals surface area contributed by atoms with Crippen LogP contribution in [0.2, 0.25) is 0 Å². The molecular weight excluding hydrogens is 256 g/mol. The van der Waals surface area contributed by atoms with Gasteiger partial charge >= 0.3 is 5.97 Å². The van der Waals surface area contributed by atoms with Crippen LogP contribution >= 0.6 is 0 Å². The monoisotopic (exact) mass is 278 g/mol. The minimum Gasteiger partial charge on any atom is -0.467 e. The number of esters is 1. The summed E-state index contributed by atoms with van der Waals surface area (Å²) in [6.45, 7) is 7.60. The number of methoxy groups -OCH3 is 1. The number of rotatable bonds is 6. The molecule has 1 aromatic carbocycles. The van der Waals surface area contributed by atoms with Crippen molar-refractivity contribution in [2.24, 2.45) is 0 Å². The van der Waals surface area contributed by atoms with E-state index in [-0.39, 0.29) is 5.91 Å². The zero-order valence-electron chi connectivity index (χ0n) is 12.5. The van der Waals surface area contributed by atoms with Crippen LogP contribution in [-0.4, -0.2) is 38.1 Å². The molecule has 0 aliphatic heterocycles. The molecule has 20 heavy (non-hydrogen) atoms. The summed E-state index contributed by atoms with van der Waals surface area (Å²) in [4.78, 5) is 25.4. The standard InChI is InChI=1S/C15H22N2O3/c1-5-17(6-2)13-9-7-12(8-10-13)14(18)16-11(3)15(19)20-4/h7-11H,5-6H2,1-4H3,(H,16,18). The Kier molecular flexibility index (Phi) is 6.03. The number of anilines is 1. The van der Waals surface area contributed by atoms with Gasteiger partial charge in [0.1, 0.15) is 6.04 Å². The number of ether oxygens (including phenoxy) is 1. The predicted octanol–water partition coefficient (Wildman–Crippen LogP) is 1.82. The highest BCUT2D eigenvalue weighted by Crippen LogP contribution is 2.14. The first-order valence-electron chi connectivity index (χ1n) is 6.77. The molecule has 5 heteroatoms. The molecule has 5 nitrogen and oxygen atoms in total. The zero-order valence-corrected chi connectivity index (χ0v) is 12.5. The normalized spacial score (nSPS) is 11.6. The Bertz CT molecular complexity index is 453. The summed E-state index contributed by atoms with van der Waals surface area (Å²) in [6, 6.07) is 6.67. The first-order chi connectivity index (χ1) is 9.53. The van der Waals surface area contributed by atoms with Gasteiger partial charge in [-0.1, -0.05) is 0 Å². The van der Waals surface area contributed by atoms with Crippen molar-refractivity contribution < 1.29 is 14.3 Å². The molecular formula is C15H22N2O3. The van der Waals surface area contributed by atoms with Crippen LogP contribution in [0.4, 0.5) is 5.69 Å². The van der Waals surface area contributed by atoms with E-state index in [4.69, 9.17) is 0 Å². The average Bonchev–Trinajstić information content (AvgIpc) is 2.48.